The molecule has 1 atom stereocenters. The van der Waals surface area contributed by atoms with Crippen molar-refractivity contribution < 1.29 is 9.90 Å². The lowest BCUT2D eigenvalue weighted by molar-refractivity contribution is -0.137. The molecule has 0 spiro atoms. The second-order valence-electron chi connectivity index (χ2n) is 8.67. The van der Waals surface area contributed by atoms with Crippen LogP contribution in [0.5, 0.6) is 0 Å². The molecule has 0 aromatic heterocycles. The molecule has 0 rings (SSSR count). The Balaban J connectivity index is 3.40. The maximum absolute atomic E-state index is 10.5. The summed E-state index contributed by atoms with van der Waals surface area (Å²) in [6, 6.07) is 0. The summed E-state index contributed by atoms with van der Waals surface area (Å²) in [7, 11) is 0. The molecule has 0 fully saturated rings. The molecule has 2 heteroatoms. The van der Waals surface area contributed by atoms with Gasteiger partial charge < -0.3 is 5.11 Å². The zero-order chi connectivity index (χ0) is 18.3. The minimum absolute atomic E-state index is 0.327. The molecule has 0 radical (unpaired) electrons. The summed E-state index contributed by atoms with van der Waals surface area (Å²) in [5, 5.41) is 8.67. The number of carboxylic acids is 1. The average molecular weight is 341 g/mol. The number of carbonyl (C=O) groups is 1. The summed E-state index contributed by atoms with van der Waals surface area (Å²) in [5.41, 5.74) is 0.383. The summed E-state index contributed by atoms with van der Waals surface area (Å²) in [6.07, 6.45) is 18.5. The van der Waals surface area contributed by atoms with E-state index < -0.39 is 5.97 Å². The molecule has 1 unspecified atom stereocenters. The molecule has 0 saturated heterocycles. The van der Waals surface area contributed by atoms with Crippen molar-refractivity contribution in [1.29, 1.82) is 0 Å². The Kier molecular flexibility index (Phi) is 14.5. The highest BCUT2D eigenvalue weighted by Gasteiger charge is 2.16. The van der Waals surface area contributed by atoms with Crippen LogP contribution >= 0.6 is 0 Å². The molecular weight excluding hydrogens is 296 g/mol. The van der Waals surface area contributed by atoms with E-state index in [2.05, 4.69) is 27.7 Å². The Morgan fingerprint density at radius 3 is 1.88 bits per heavy atom. The molecule has 0 heterocycles. The third-order valence-electron chi connectivity index (χ3n) is 5.33. The number of hydrogen-bond acceptors (Lipinski definition) is 1. The first kappa shape index (κ1) is 23.5. The fourth-order valence-corrected chi connectivity index (χ4v) is 3.62. The fraction of sp³-hybridized carbons (Fsp3) is 0.955. The van der Waals surface area contributed by atoms with Crippen LogP contribution < -0.4 is 0 Å². The summed E-state index contributed by atoms with van der Waals surface area (Å²) >= 11 is 0. The molecule has 0 aliphatic carbocycles. The van der Waals surface area contributed by atoms with Gasteiger partial charge in [-0.25, -0.2) is 0 Å². The van der Waals surface area contributed by atoms with Crippen LogP contribution in [0.2, 0.25) is 0 Å². The van der Waals surface area contributed by atoms with Crippen molar-refractivity contribution >= 4 is 5.97 Å². The van der Waals surface area contributed by atoms with Crippen LogP contribution in [0.15, 0.2) is 0 Å². The number of unbranched alkanes of at least 4 members (excludes halogenated alkanes) is 7. The van der Waals surface area contributed by atoms with Crippen molar-refractivity contribution in [2.75, 3.05) is 0 Å². The molecule has 0 amide bonds. The van der Waals surface area contributed by atoms with E-state index in [0.717, 1.165) is 25.2 Å². The maximum atomic E-state index is 10.5. The highest BCUT2D eigenvalue weighted by atomic mass is 16.4. The van der Waals surface area contributed by atoms with Crippen LogP contribution in [0.3, 0.4) is 0 Å². The number of rotatable bonds is 17. The Morgan fingerprint density at radius 1 is 0.833 bits per heavy atom. The SMILES string of the molecule is CCCC(C)CCCCCCCCCC(C)(C)CCCCC(=O)O. The molecule has 0 saturated carbocycles. The lowest BCUT2D eigenvalue weighted by atomic mass is 9.82. The van der Waals surface area contributed by atoms with E-state index in [1.807, 2.05) is 0 Å². The lowest BCUT2D eigenvalue weighted by Crippen LogP contribution is -2.11. The van der Waals surface area contributed by atoms with E-state index in [1.165, 1.54) is 70.6 Å². The van der Waals surface area contributed by atoms with Gasteiger partial charge in [0.25, 0.3) is 0 Å². The second-order valence-corrected chi connectivity index (χ2v) is 8.67. The van der Waals surface area contributed by atoms with Gasteiger partial charge in [-0.15, -0.1) is 0 Å². The van der Waals surface area contributed by atoms with Gasteiger partial charge in [0.15, 0.2) is 0 Å². The zero-order valence-corrected chi connectivity index (χ0v) is 17.0. The summed E-state index contributed by atoms with van der Waals surface area (Å²) < 4.78 is 0. The molecule has 0 aromatic carbocycles. The van der Waals surface area contributed by atoms with Crippen LogP contribution in [-0.2, 0) is 4.79 Å². The first-order chi connectivity index (χ1) is 11.4. The molecular formula is C22H44O2. The van der Waals surface area contributed by atoms with Crippen molar-refractivity contribution in [1.82, 2.24) is 0 Å². The molecule has 0 aliphatic rings. The molecule has 24 heavy (non-hydrogen) atoms. The molecule has 0 bridgehead atoms. The van der Waals surface area contributed by atoms with Gasteiger partial charge in [0.1, 0.15) is 0 Å². The highest BCUT2D eigenvalue weighted by molar-refractivity contribution is 5.66. The zero-order valence-electron chi connectivity index (χ0n) is 17.0. The molecule has 1 N–H and O–H groups in total. The van der Waals surface area contributed by atoms with E-state index in [4.69, 9.17) is 5.11 Å². The molecule has 0 aliphatic heterocycles. The van der Waals surface area contributed by atoms with E-state index in [1.54, 1.807) is 0 Å². The van der Waals surface area contributed by atoms with Gasteiger partial charge in [0.05, 0.1) is 0 Å². The van der Waals surface area contributed by atoms with Crippen LogP contribution in [0.4, 0.5) is 0 Å². The molecule has 2 nitrogen and oxygen atoms in total. The third kappa shape index (κ3) is 16.3. The van der Waals surface area contributed by atoms with Crippen LogP contribution in [-0.4, -0.2) is 11.1 Å². The largest absolute Gasteiger partial charge is 0.481 e. The summed E-state index contributed by atoms with van der Waals surface area (Å²) in [6.45, 7) is 9.36. The minimum atomic E-state index is -0.660. The van der Waals surface area contributed by atoms with E-state index in [9.17, 15) is 4.79 Å². The second kappa shape index (κ2) is 14.8. The van der Waals surface area contributed by atoms with Gasteiger partial charge in [-0.1, -0.05) is 98.3 Å². The van der Waals surface area contributed by atoms with Crippen molar-refractivity contribution in [2.24, 2.45) is 11.3 Å². The first-order valence-corrected chi connectivity index (χ1v) is 10.6. The Bertz CT molecular complexity index is 296. The smallest absolute Gasteiger partial charge is 0.303 e. The molecule has 144 valence electrons. The van der Waals surface area contributed by atoms with Crippen molar-refractivity contribution in [3.05, 3.63) is 0 Å². The normalized spacial score (nSPS) is 13.2. The van der Waals surface area contributed by atoms with Crippen LogP contribution in [0.25, 0.3) is 0 Å². The molecule has 0 aromatic rings. The Labute approximate surface area is 151 Å². The monoisotopic (exact) mass is 340 g/mol. The van der Waals surface area contributed by atoms with Crippen molar-refractivity contribution in [3.63, 3.8) is 0 Å². The van der Waals surface area contributed by atoms with Crippen molar-refractivity contribution in [3.8, 4) is 0 Å². The topological polar surface area (TPSA) is 37.3 Å². The van der Waals surface area contributed by atoms with Crippen molar-refractivity contribution in [2.45, 2.75) is 124 Å². The quantitative estimate of drug-likeness (QED) is 0.277. The van der Waals surface area contributed by atoms with Crippen LogP contribution in [0.1, 0.15) is 124 Å². The number of carboxylic acid groups (broad SMARTS) is 1. The van der Waals surface area contributed by atoms with Gasteiger partial charge >= 0.3 is 5.97 Å². The Hall–Kier alpha value is -0.530. The van der Waals surface area contributed by atoms with Gasteiger partial charge in [0, 0.05) is 6.42 Å². The Morgan fingerprint density at radius 2 is 1.33 bits per heavy atom. The van der Waals surface area contributed by atoms with E-state index in [0.29, 0.717) is 11.8 Å². The van der Waals surface area contributed by atoms with Gasteiger partial charge in [-0.3, -0.25) is 4.79 Å². The lowest BCUT2D eigenvalue weighted by Gasteiger charge is -2.24. The highest BCUT2D eigenvalue weighted by Crippen LogP contribution is 2.30. The third-order valence-corrected chi connectivity index (χ3v) is 5.33. The van der Waals surface area contributed by atoms with E-state index >= 15 is 0 Å². The van der Waals surface area contributed by atoms with Gasteiger partial charge in [0.2, 0.25) is 0 Å². The fourth-order valence-electron chi connectivity index (χ4n) is 3.62. The first-order valence-electron chi connectivity index (χ1n) is 10.6. The van der Waals surface area contributed by atoms with Gasteiger partial charge in [-0.05, 0) is 30.6 Å². The average Bonchev–Trinajstić information content (AvgIpc) is 2.50. The predicted octanol–water partition coefficient (Wildman–Crippen LogP) is 7.60. The van der Waals surface area contributed by atoms with Crippen LogP contribution in [0, 0.1) is 11.3 Å². The maximum Gasteiger partial charge on any atom is 0.303 e. The summed E-state index contributed by atoms with van der Waals surface area (Å²) in [4.78, 5) is 10.5. The van der Waals surface area contributed by atoms with E-state index in [-0.39, 0.29) is 0 Å². The standard InChI is InChI=1S/C22H44O2/c1-5-15-20(2)16-11-9-7-6-8-10-13-18-22(3,4)19-14-12-17-21(23)24/h20H,5-19H2,1-4H3,(H,23,24). The predicted molar refractivity (Wildman–Crippen MR) is 106 cm³/mol. The number of aliphatic carboxylic acids is 1. The number of hydrogen-bond donors (Lipinski definition) is 1. The summed E-state index contributed by atoms with van der Waals surface area (Å²) in [5.74, 6) is 0.264. The minimum Gasteiger partial charge on any atom is -0.481 e. The van der Waals surface area contributed by atoms with Gasteiger partial charge in [-0.2, -0.15) is 0 Å².